The highest BCUT2D eigenvalue weighted by Crippen LogP contribution is 2.37. The Balaban J connectivity index is 1.83. The number of nitrogens with two attached hydrogens (primary N) is 1. The van der Waals surface area contributed by atoms with Crippen LogP contribution in [0, 0.1) is 11.6 Å². The van der Waals surface area contributed by atoms with Gasteiger partial charge >= 0.3 is 0 Å². The Labute approximate surface area is 119 Å². The quantitative estimate of drug-likeness (QED) is 0.920. The van der Waals surface area contributed by atoms with Crippen molar-refractivity contribution in [3.8, 4) is 5.75 Å². The van der Waals surface area contributed by atoms with Crippen LogP contribution in [0.3, 0.4) is 0 Å². The van der Waals surface area contributed by atoms with Crippen molar-refractivity contribution in [3.63, 3.8) is 0 Å². The van der Waals surface area contributed by atoms with Crippen molar-refractivity contribution < 1.29 is 13.5 Å². The molecule has 2 unspecified atom stereocenters. The van der Waals surface area contributed by atoms with Gasteiger partial charge in [0.15, 0.2) is 0 Å². The Morgan fingerprint density at radius 1 is 1.15 bits per heavy atom. The third-order valence-corrected chi connectivity index (χ3v) is 4.34. The van der Waals surface area contributed by atoms with E-state index in [9.17, 15) is 8.78 Å². The molecule has 0 aliphatic carbocycles. The first kappa shape index (κ1) is 13.4. The van der Waals surface area contributed by atoms with E-state index < -0.39 is 17.7 Å². The van der Waals surface area contributed by atoms with Gasteiger partial charge in [-0.1, -0.05) is 12.1 Å². The van der Waals surface area contributed by atoms with Gasteiger partial charge in [0.25, 0.3) is 0 Å². The first-order valence-corrected chi connectivity index (χ1v) is 7.22. The first-order valence-electron chi connectivity index (χ1n) is 6.23. The zero-order valence-electron chi connectivity index (χ0n) is 10.6. The molecule has 2 aromatic rings. The molecule has 104 valence electrons. The molecule has 0 saturated carbocycles. The third kappa shape index (κ3) is 2.64. The summed E-state index contributed by atoms with van der Waals surface area (Å²) < 4.78 is 32.3. The molecule has 0 fully saturated rings. The highest BCUT2D eigenvalue weighted by molar-refractivity contribution is 7.99. The molecule has 20 heavy (non-hydrogen) atoms. The molecule has 0 saturated heterocycles. The molecule has 2 nitrogen and oxygen atoms in total. The summed E-state index contributed by atoms with van der Waals surface area (Å²) in [6.07, 6.45) is -0.309. The molecule has 2 aromatic carbocycles. The van der Waals surface area contributed by atoms with E-state index in [0.717, 1.165) is 16.7 Å². The minimum atomic E-state index is -0.626. The fourth-order valence-corrected chi connectivity index (χ4v) is 3.25. The minimum Gasteiger partial charge on any atom is -0.486 e. The summed E-state index contributed by atoms with van der Waals surface area (Å²) >= 11 is 1.64. The van der Waals surface area contributed by atoms with Crippen LogP contribution >= 0.6 is 11.8 Å². The van der Waals surface area contributed by atoms with Crippen LogP contribution in [0.5, 0.6) is 5.75 Å². The number of para-hydroxylation sites is 1. The van der Waals surface area contributed by atoms with Crippen molar-refractivity contribution in [2.45, 2.75) is 17.0 Å². The fourth-order valence-electron chi connectivity index (χ4n) is 2.20. The van der Waals surface area contributed by atoms with Gasteiger partial charge in [-0.2, -0.15) is 0 Å². The van der Waals surface area contributed by atoms with Gasteiger partial charge in [0.2, 0.25) is 0 Å². The zero-order chi connectivity index (χ0) is 14.1. The van der Waals surface area contributed by atoms with Gasteiger partial charge in [-0.3, -0.25) is 0 Å². The SMILES string of the molecule is NC(c1cc(F)cc(F)c1)C1CSc2ccccc2O1. The van der Waals surface area contributed by atoms with Gasteiger partial charge < -0.3 is 10.5 Å². The lowest BCUT2D eigenvalue weighted by molar-refractivity contribution is 0.185. The van der Waals surface area contributed by atoms with Crippen LogP contribution in [0.15, 0.2) is 47.4 Å². The Morgan fingerprint density at radius 2 is 1.85 bits per heavy atom. The summed E-state index contributed by atoms with van der Waals surface area (Å²) in [5, 5.41) is 0. The van der Waals surface area contributed by atoms with Gasteiger partial charge in [-0.25, -0.2) is 8.78 Å². The average Bonchev–Trinajstić information content (AvgIpc) is 2.45. The van der Waals surface area contributed by atoms with Crippen LogP contribution in [-0.2, 0) is 0 Å². The molecule has 1 aliphatic heterocycles. The zero-order valence-corrected chi connectivity index (χ0v) is 11.4. The number of hydrogen-bond acceptors (Lipinski definition) is 3. The molecule has 0 aromatic heterocycles. The van der Waals surface area contributed by atoms with Crippen molar-refractivity contribution in [3.05, 3.63) is 59.7 Å². The van der Waals surface area contributed by atoms with Gasteiger partial charge in [0.1, 0.15) is 23.5 Å². The highest BCUT2D eigenvalue weighted by atomic mass is 32.2. The number of benzene rings is 2. The number of halogens is 2. The Hall–Kier alpha value is -1.59. The molecule has 1 aliphatic rings. The second-order valence-electron chi connectivity index (χ2n) is 4.64. The van der Waals surface area contributed by atoms with E-state index in [2.05, 4.69) is 0 Å². The third-order valence-electron chi connectivity index (χ3n) is 3.20. The molecule has 2 atom stereocenters. The van der Waals surface area contributed by atoms with E-state index in [-0.39, 0.29) is 6.10 Å². The molecule has 0 spiro atoms. The molecule has 1 heterocycles. The largest absolute Gasteiger partial charge is 0.486 e. The topological polar surface area (TPSA) is 35.2 Å². The van der Waals surface area contributed by atoms with E-state index in [1.807, 2.05) is 24.3 Å². The summed E-state index contributed by atoms with van der Waals surface area (Å²) in [7, 11) is 0. The molecule has 0 bridgehead atoms. The summed E-state index contributed by atoms with van der Waals surface area (Å²) in [6.45, 7) is 0. The second kappa shape index (κ2) is 5.42. The van der Waals surface area contributed by atoms with E-state index >= 15 is 0 Å². The maximum absolute atomic E-state index is 13.3. The predicted octanol–water partition coefficient (Wildman–Crippen LogP) is 3.52. The van der Waals surface area contributed by atoms with Crippen LogP contribution < -0.4 is 10.5 Å². The lowest BCUT2D eigenvalue weighted by atomic mass is 10.0. The molecule has 5 heteroatoms. The molecule has 0 radical (unpaired) electrons. The summed E-state index contributed by atoms with van der Waals surface area (Å²) in [5.74, 6) is 0.163. The number of thioether (sulfide) groups is 1. The Kier molecular flexibility index (Phi) is 3.63. The predicted molar refractivity (Wildman–Crippen MR) is 74.9 cm³/mol. The van der Waals surface area contributed by atoms with Crippen molar-refractivity contribution in [1.29, 1.82) is 0 Å². The number of hydrogen-bond donors (Lipinski definition) is 1. The van der Waals surface area contributed by atoms with Gasteiger partial charge in [0.05, 0.1) is 6.04 Å². The van der Waals surface area contributed by atoms with E-state index in [0.29, 0.717) is 11.3 Å². The van der Waals surface area contributed by atoms with Crippen molar-refractivity contribution in [2.24, 2.45) is 5.73 Å². The molecule has 2 N–H and O–H groups in total. The number of fused-ring (bicyclic) bond motifs is 1. The Morgan fingerprint density at radius 3 is 2.60 bits per heavy atom. The highest BCUT2D eigenvalue weighted by Gasteiger charge is 2.27. The van der Waals surface area contributed by atoms with Crippen molar-refractivity contribution >= 4 is 11.8 Å². The van der Waals surface area contributed by atoms with E-state index in [4.69, 9.17) is 10.5 Å². The molecular formula is C15H13F2NOS. The number of ether oxygens (including phenoxy) is 1. The van der Waals surface area contributed by atoms with Crippen molar-refractivity contribution in [2.75, 3.05) is 5.75 Å². The van der Waals surface area contributed by atoms with E-state index in [1.54, 1.807) is 11.8 Å². The fraction of sp³-hybridized carbons (Fsp3) is 0.200. The molecular weight excluding hydrogens is 280 g/mol. The molecule has 3 rings (SSSR count). The smallest absolute Gasteiger partial charge is 0.133 e. The van der Waals surface area contributed by atoms with Gasteiger partial charge in [-0.05, 0) is 29.8 Å². The lowest BCUT2D eigenvalue weighted by Crippen LogP contribution is -2.35. The maximum atomic E-state index is 13.3. The first-order chi connectivity index (χ1) is 9.63. The van der Waals surface area contributed by atoms with Crippen LogP contribution in [0.1, 0.15) is 11.6 Å². The van der Waals surface area contributed by atoms with E-state index in [1.165, 1.54) is 12.1 Å². The van der Waals surface area contributed by atoms with Gasteiger partial charge in [0, 0.05) is 16.7 Å². The van der Waals surface area contributed by atoms with Crippen LogP contribution in [-0.4, -0.2) is 11.9 Å². The second-order valence-corrected chi connectivity index (χ2v) is 5.70. The average molecular weight is 293 g/mol. The normalized spacial score (nSPS) is 19.1. The summed E-state index contributed by atoms with van der Waals surface area (Å²) in [5.41, 5.74) is 6.50. The van der Waals surface area contributed by atoms with Crippen molar-refractivity contribution in [1.82, 2.24) is 0 Å². The standard InChI is InChI=1S/C15H13F2NOS/c16-10-5-9(6-11(17)7-10)15(18)13-8-20-14-4-2-1-3-12(14)19-13/h1-7,13,15H,8,18H2. The van der Waals surface area contributed by atoms with Crippen LogP contribution in [0.25, 0.3) is 0 Å². The van der Waals surface area contributed by atoms with Crippen LogP contribution in [0.4, 0.5) is 8.78 Å². The lowest BCUT2D eigenvalue weighted by Gasteiger charge is -2.30. The summed E-state index contributed by atoms with van der Waals surface area (Å²) in [6, 6.07) is 10.4. The van der Waals surface area contributed by atoms with Crippen LogP contribution in [0.2, 0.25) is 0 Å². The molecule has 0 amide bonds. The number of rotatable bonds is 2. The monoisotopic (exact) mass is 293 g/mol. The summed E-state index contributed by atoms with van der Waals surface area (Å²) in [4.78, 5) is 1.06. The Bertz CT molecular complexity index is 615. The van der Waals surface area contributed by atoms with Gasteiger partial charge in [-0.15, -0.1) is 11.8 Å². The minimum absolute atomic E-state index is 0.309. The maximum Gasteiger partial charge on any atom is 0.133 e.